The van der Waals surface area contributed by atoms with Crippen LogP contribution in [-0.4, -0.2) is 35.9 Å². The number of carboxylic acids is 1. The van der Waals surface area contributed by atoms with Gasteiger partial charge in [-0.25, -0.2) is 9.59 Å². The molecule has 0 spiro atoms. The van der Waals surface area contributed by atoms with Crippen LogP contribution in [-0.2, 0) is 4.79 Å². The smallest absolute Gasteiger partial charge is 0.389 e. The number of hydrogen-bond acceptors (Lipinski definition) is 2. The monoisotopic (exact) mass is 284 g/mol. The van der Waals surface area contributed by atoms with Gasteiger partial charge in [-0.1, -0.05) is 20.8 Å². The molecule has 0 radical (unpaired) electrons. The summed E-state index contributed by atoms with van der Waals surface area (Å²) in [6.45, 7) is 4.74. The van der Waals surface area contributed by atoms with E-state index in [0.717, 1.165) is 0 Å². The van der Waals surface area contributed by atoms with Crippen LogP contribution in [0.5, 0.6) is 0 Å². The summed E-state index contributed by atoms with van der Waals surface area (Å²) >= 11 is 0. The highest BCUT2D eigenvalue weighted by atomic mass is 19.4. The van der Waals surface area contributed by atoms with E-state index < -0.39 is 36.1 Å². The van der Waals surface area contributed by atoms with E-state index in [-0.39, 0.29) is 13.0 Å². The van der Waals surface area contributed by atoms with Crippen molar-refractivity contribution in [3.05, 3.63) is 0 Å². The number of halogens is 3. The van der Waals surface area contributed by atoms with Crippen LogP contribution in [0.25, 0.3) is 0 Å². The molecule has 0 unspecified atom stereocenters. The minimum Gasteiger partial charge on any atom is -0.480 e. The van der Waals surface area contributed by atoms with Gasteiger partial charge < -0.3 is 15.7 Å². The van der Waals surface area contributed by atoms with E-state index in [1.165, 1.54) is 0 Å². The lowest BCUT2D eigenvalue weighted by molar-refractivity contribution is -0.141. The predicted octanol–water partition coefficient (Wildman–Crippen LogP) is 2.13. The molecule has 19 heavy (non-hydrogen) atoms. The quantitative estimate of drug-likeness (QED) is 0.677. The Labute approximate surface area is 109 Å². The lowest BCUT2D eigenvalue weighted by Crippen LogP contribution is -2.52. The van der Waals surface area contributed by atoms with Crippen LogP contribution >= 0.6 is 0 Å². The fraction of sp³-hybridized carbons (Fsp3) is 0.818. The first-order valence-electron chi connectivity index (χ1n) is 5.77. The van der Waals surface area contributed by atoms with Crippen LogP contribution in [0.4, 0.5) is 18.0 Å². The van der Waals surface area contributed by atoms with Crippen LogP contribution in [0.1, 0.15) is 33.6 Å². The van der Waals surface area contributed by atoms with Gasteiger partial charge in [0.1, 0.15) is 6.04 Å². The Morgan fingerprint density at radius 3 is 2.11 bits per heavy atom. The second-order valence-corrected chi connectivity index (χ2v) is 5.26. The lowest BCUT2D eigenvalue weighted by atomic mass is 9.87. The van der Waals surface area contributed by atoms with Crippen molar-refractivity contribution in [3.63, 3.8) is 0 Å². The van der Waals surface area contributed by atoms with Gasteiger partial charge in [-0.15, -0.1) is 0 Å². The number of rotatable bonds is 5. The Hall–Kier alpha value is -1.47. The van der Waals surface area contributed by atoms with Crippen molar-refractivity contribution in [1.29, 1.82) is 0 Å². The van der Waals surface area contributed by atoms with Gasteiger partial charge in [0.25, 0.3) is 0 Å². The maximum Gasteiger partial charge on any atom is 0.389 e. The Kier molecular flexibility index (Phi) is 6.11. The molecule has 5 nitrogen and oxygen atoms in total. The highest BCUT2D eigenvalue weighted by molar-refractivity contribution is 5.83. The van der Waals surface area contributed by atoms with E-state index in [9.17, 15) is 22.8 Å². The molecule has 0 aromatic carbocycles. The molecule has 0 aliphatic rings. The zero-order valence-corrected chi connectivity index (χ0v) is 11.1. The van der Waals surface area contributed by atoms with E-state index in [1.54, 1.807) is 20.8 Å². The summed E-state index contributed by atoms with van der Waals surface area (Å²) in [4.78, 5) is 22.3. The first-order chi connectivity index (χ1) is 8.43. The van der Waals surface area contributed by atoms with Gasteiger partial charge in [0.15, 0.2) is 0 Å². The summed E-state index contributed by atoms with van der Waals surface area (Å²) in [6.07, 6.45) is -5.49. The highest BCUT2D eigenvalue weighted by Crippen LogP contribution is 2.21. The molecular weight excluding hydrogens is 265 g/mol. The topological polar surface area (TPSA) is 78.4 Å². The van der Waals surface area contributed by atoms with E-state index in [4.69, 9.17) is 5.11 Å². The molecule has 2 amide bonds. The number of carbonyl (C=O) groups is 2. The molecular formula is C11H19F3N2O3. The van der Waals surface area contributed by atoms with Crippen molar-refractivity contribution in [2.45, 2.75) is 45.8 Å². The van der Waals surface area contributed by atoms with Gasteiger partial charge in [-0.3, -0.25) is 0 Å². The lowest BCUT2D eigenvalue weighted by Gasteiger charge is -2.27. The Morgan fingerprint density at radius 2 is 1.74 bits per heavy atom. The van der Waals surface area contributed by atoms with Crippen LogP contribution in [0.15, 0.2) is 0 Å². The maximum atomic E-state index is 11.8. The fourth-order valence-corrected chi connectivity index (χ4v) is 1.32. The molecule has 0 aromatic heterocycles. The number of nitrogens with one attached hydrogen (secondary N) is 2. The molecule has 0 aliphatic heterocycles. The number of alkyl halides is 3. The fourth-order valence-electron chi connectivity index (χ4n) is 1.32. The number of amides is 2. The molecule has 8 heteroatoms. The molecule has 0 saturated heterocycles. The predicted molar refractivity (Wildman–Crippen MR) is 62.7 cm³/mol. The minimum atomic E-state index is -4.26. The number of hydrogen-bond donors (Lipinski definition) is 3. The molecule has 3 N–H and O–H groups in total. The molecule has 0 rings (SSSR count). The van der Waals surface area contributed by atoms with Crippen molar-refractivity contribution in [1.82, 2.24) is 10.6 Å². The second-order valence-electron chi connectivity index (χ2n) is 5.26. The van der Waals surface area contributed by atoms with E-state index in [1.807, 2.05) is 0 Å². The zero-order valence-electron chi connectivity index (χ0n) is 11.1. The number of urea groups is 1. The van der Waals surface area contributed by atoms with Gasteiger partial charge >= 0.3 is 18.2 Å². The van der Waals surface area contributed by atoms with Crippen molar-refractivity contribution in [2.24, 2.45) is 5.41 Å². The molecule has 0 fully saturated rings. The molecule has 0 bridgehead atoms. The first-order valence-corrected chi connectivity index (χ1v) is 5.77. The van der Waals surface area contributed by atoms with Crippen LogP contribution in [0.2, 0.25) is 0 Å². The third-order valence-electron chi connectivity index (χ3n) is 2.31. The van der Waals surface area contributed by atoms with Crippen molar-refractivity contribution in [3.8, 4) is 0 Å². The van der Waals surface area contributed by atoms with Gasteiger partial charge in [-0.2, -0.15) is 13.2 Å². The third kappa shape index (κ3) is 8.28. The van der Waals surface area contributed by atoms with Crippen molar-refractivity contribution in [2.75, 3.05) is 6.54 Å². The average molecular weight is 284 g/mol. The SMILES string of the molecule is CC(C)(C)[C@@H](NC(=O)NCCCC(F)(F)F)C(=O)O. The summed E-state index contributed by atoms with van der Waals surface area (Å²) in [7, 11) is 0. The van der Waals surface area contributed by atoms with Gasteiger partial charge in [0.05, 0.1) is 0 Å². The van der Waals surface area contributed by atoms with Crippen LogP contribution in [0.3, 0.4) is 0 Å². The number of carbonyl (C=O) groups excluding carboxylic acids is 1. The van der Waals surface area contributed by atoms with Crippen molar-refractivity contribution >= 4 is 12.0 Å². The summed E-state index contributed by atoms with van der Waals surface area (Å²) in [5, 5.41) is 13.4. The van der Waals surface area contributed by atoms with Crippen LogP contribution < -0.4 is 10.6 Å². The largest absolute Gasteiger partial charge is 0.480 e. The maximum absolute atomic E-state index is 11.8. The van der Waals surface area contributed by atoms with Crippen LogP contribution in [0, 0.1) is 5.41 Å². The molecule has 0 saturated carbocycles. The standard InChI is InChI=1S/C11H19F3N2O3/c1-10(2,3)7(8(17)18)16-9(19)15-6-4-5-11(12,13)14/h7H,4-6H2,1-3H3,(H,17,18)(H2,15,16,19)/t7-/m0/s1. The third-order valence-corrected chi connectivity index (χ3v) is 2.31. The summed E-state index contributed by atoms with van der Waals surface area (Å²) in [6, 6.07) is -1.90. The Bertz CT molecular complexity index is 324. The summed E-state index contributed by atoms with van der Waals surface area (Å²) < 4.78 is 35.5. The molecule has 112 valence electrons. The Balaban J connectivity index is 4.13. The van der Waals surface area contributed by atoms with E-state index >= 15 is 0 Å². The molecule has 0 aromatic rings. The zero-order chi connectivity index (χ0) is 15.3. The average Bonchev–Trinajstić information content (AvgIpc) is 2.17. The van der Waals surface area contributed by atoms with Crippen molar-refractivity contribution < 1.29 is 27.9 Å². The normalized spacial score (nSPS) is 13.8. The summed E-state index contributed by atoms with van der Waals surface area (Å²) in [5.74, 6) is -1.20. The minimum absolute atomic E-state index is 0.165. The van der Waals surface area contributed by atoms with Gasteiger partial charge in [0.2, 0.25) is 0 Å². The van der Waals surface area contributed by atoms with E-state index in [0.29, 0.717) is 0 Å². The summed E-state index contributed by atoms with van der Waals surface area (Å²) in [5.41, 5.74) is -0.699. The number of carboxylic acid groups (broad SMARTS) is 1. The molecule has 0 heterocycles. The Morgan fingerprint density at radius 1 is 1.21 bits per heavy atom. The highest BCUT2D eigenvalue weighted by Gasteiger charge is 2.32. The number of aliphatic carboxylic acids is 1. The van der Waals surface area contributed by atoms with Gasteiger partial charge in [-0.05, 0) is 11.8 Å². The van der Waals surface area contributed by atoms with Gasteiger partial charge in [0, 0.05) is 13.0 Å². The second kappa shape index (κ2) is 6.63. The molecule has 0 aliphatic carbocycles. The molecule has 1 atom stereocenters. The first kappa shape index (κ1) is 17.5. The van der Waals surface area contributed by atoms with E-state index in [2.05, 4.69) is 10.6 Å².